The fourth-order valence-electron chi connectivity index (χ4n) is 2.28. The molecule has 0 bridgehead atoms. The molecule has 0 N–H and O–H groups in total. The first-order valence-electron chi connectivity index (χ1n) is 6.83. The highest BCUT2D eigenvalue weighted by Crippen LogP contribution is 2.11. The van der Waals surface area contributed by atoms with Crippen LogP contribution in [0.3, 0.4) is 0 Å². The maximum atomic E-state index is 12.4. The smallest absolute Gasteiger partial charge is 0.272 e. The summed E-state index contributed by atoms with van der Waals surface area (Å²) >= 11 is 3.33. The molecule has 0 saturated carbocycles. The van der Waals surface area contributed by atoms with Gasteiger partial charge >= 0.3 is 0 Å². The summed E-state index contributed by atoms with van der Waals surface area (Å²) in [4.78, 5) is 20.8. The van der Waals surface area contributed by atoms with E-state index in [9.17, 15) is 4.79 Å². The molecule has 5 nitrogen and oxygen atoms in total. The van der Waals surface area contributed by atoms with Crippen molar-refractivity contribution in [3.63, 3.8) is 0 Å². The number of halogens is 1. The van der Waals surface area contributed by atoms with Gasteiger partial charge in [0.1, 0.15) is 5.69 Å². The second-order valence-electron chi connectivity index (χ2n) is 4.84. The number of nitrogens with zero attached hydrogens (tertiary/aromatic N) is 3. The molecule has 1 aliphatic heterocycles. The van der Waals surface area contributed by atoms with E-state index in [0.29, 0.717) is 5.69 Å². The van der Waals surface area contributed by atoms with Crippen LogP contribution in [-0.2, 0) is 4.74 Å². The summed E-state index contributed by atoms with van der Waals surface area (Å²) in [6.07, 6.45) is 2.65. The summed E-state index contributed by atoms with van der Waals surface area (Å²) in [5, 5.41) is 0. The standard InChI is InChI=1S/C14H20BrN3O2/c1-20-10-9-17-5-2-6-18(8-7-17)14(19)13-4-3-12(15)11-16-13/h3-4,11H,2,5-10H2,1H3. The second kappa shape index (κ2) is 7.71. The predicted octanol–water partition coefficient (Wildman–Crippen LogP) is 1.64. The van der Waals surface area contributed by atoms with Crippen LogP contribution in [0.1, 0.15) is 16.9 Å². The molecule has 2 rings (SSSR count). The third-order valence-electron chi connectivity index (χ3n) is 3.43. The molecular weight excluding hydrogens is 322 g/mol. The van der Waals surface area contributed by atoms with E-state index in [0.717, 1.165) is 50.2 Å². The maximum absolute atomic E-state index is 12.4. The third-order valence-corrected chi connectivity index (χ3v) is 3.90. The highest BCUT2D eigenvalue weighted by atomic mass is 79.9. The van der Waals surface area contributed by atoms with Crippen molar-refractivity contribution in [2.75, 3.05) is 46.4 Å². The Hall–Kier alpha value is -0.980. The van der Waals surface area contributed by atoms with E-state index in [1.54, 1.807) is 19.4 Å². The summed E-state index contributed by atoms with van der Waals surface area (Å²) < 4.78 is 5.99. The molecular formula is C14H20BrN3O2. The zero-order valence-electron chi connectivity index (χ0n) is 11.7. The monoisotopic (exact) mass is 341 g/mol. The van der Waals surface area contributed by atoms with Crippen LogP contribution < -0.4 is 0 Å². The van der Waals surface area contributed by atoms with Crippen LogP contribution in [0.4, 0.5) is 0 Å². The van der Waals surface area contributed by atoms with E-state index in [4.69, 9.17) is 4.74 Å². The highest BCUT2D eigenvalue weighted by molar-refractivity contribution is 9.10. The number of amides is 1. The molecule has 1 fully saturated rings. The molecule has 1 aliphatic rings. The second-order valence-corrected chi connectivity index (χ2v) is 5.76. The van der Waals surface area contributed by atoms with Gasteiger partial charge in [-0.15, -0.1) is 0 Å². The van der Waals surface area contributed by atoms with Gasteiger partial charge in [0.15, 0.2) is 0 Å². The SMILES string of the molecule is COCCN1CCCN(C(=O)c2ccc(Br)cn2)CC1. The lowest BCUT2D eigenvalue weighted by atomic mass is 10.3. The molecule has 20 heavy (non-hydrogen) atoms. The summed E-state index contributed by atoms with van der Waals surface area (Å²) in [5.41, 5.74) is 0.513. The third kappa shape index (κ3) is 4.26. The Morgan fingerprint density at radius 2 is 2.20 bits per heavy atom. The molecule has 6 heteroatoms. The van der Waals surface area contributed by atoms with Crippen molar-refractivity contribution in [3.05, 3.63) is 28.5 Å². The van der Waals surface area contributed by atoms with Gasteiger partial charge in [0, 0.05) is 44.0 Å². The van der Waals surface area contributed by atoms with Gasteiger partial charge in [-0.25, -0.2) is 4.98 Å². The average molecular weight is 342 g/mol. The zero-order valence-corrected chi connectivity index (χ0v) is 13.3. The molecule has 1 aromatic heterocycles. The van der Waals surface area contributed by atoms with Crippen molar-refractivity contribution >= 4 is 21.8 Å². The van der Waals surface area contributed by atoms with Crippen molar-refractivity contribution in [2.45, 2.75) is 6.42 Å². The van der Waals surface area contributed by atoms with Crippen molar-refractivity contribution in [1.29, 1.82) is 0 Å². The number of aromatic nitrogens is 1. The lowest BCUT2D eigenvalue weighted by Gasteiger charge is -2.21. The zero-order chi connectivity index (χ0) is 14.4. The topological polar surface area (TPSA) is 45.7 Å². The molecule has 1 aromatic rings. The first-order chi connectivity index (χ1) is 9.70. The Balaban J connectivity index is 1.92. The minimum absolute atomic E-state index is 0.0195. The summed E-state index contributed by atoms with van der Waals surface area (Å²) in [5.74, 6) is 0.0195. The van der Waals surface area contributed by atoms with Gasteiger partial charge in [-0.1, -0.05) is 0 Å². The molecule has 0 unspecified atom stereocenters. The number of hydrogen-bond acceptors (Lipinski definition) is 4. The van der Waals surface area contributed by atoms with Gasteiger partial charge in [0.05, 0.1) is 6.61 Å². The van der Waals surface area contributed by atoms with E-state index < -0.39 is 0 Å². The lowest BCUT2D eigenvalue weighted by molar-refractivity contribution is 0.0753. The van der Waals surface area contributed by atoms with Crippen LogP contribution in [-0.4, -0.2) is 67.1 Å². The fourth-order valence-corrected chi connectivity index (χ4v) is 2.52. The summed E-state index contributed by atoms with van der Waals surface area (Å²) in [6, 6.07) is 3.61. The van der Waals surface area contributed by atoms with Gasteiger partial charge in [-0.05, 0) is 41.0 Å². The van der Waals surface area contributed by atoms with Crippen LogP contribution in [0, 0.1) is 0 Å². The fraction of sp³-hybridized carbons (Fsp3) is 0.571. The number of carbonyl (C=O) groups excluding carboxylic acids is 1. The number of carbonyl (C=O) groups is 1. The first-order valence-corrected chi connectivity index (χ1v) is 7.62. The molecule has 1 saturated heterocycles. The number of ether oxygens (including phenoxy) is 1. The van der Waals surface area contributed by atoms with Crippen LogP contribution in [0.2, 0.25) is 0 Å². The van der Waals surface area contributed by atoms with Crippen LogP contribution in [0.5, 0.6) is 0 Å². The average Bonchev–Trinajstić information content (AvgIpc) is 2.70. The largest absolute Gasteiger partial charge is 0.383 e. The quantitative estimate of drug-likeness (QED) is 0.835. The molecule has 0 aliphatic carbocycles. The van der Waals surface area contributed by atoms with Crippen LogP contribution in [0.15, 0.2) is 22.8 Å². The Labute approximate surface area is 128 Å². The van der Waals surface area contributed by atoms with Gasteiger partial charge in [-0.3, -0.25) is 9.69 Å². The minimum Gasteiger partial charge on any atom is -0.383 e. The molecule has 0 aromatic carbocycles. The molecule has 0 spiro atoms. The molecule has 2 heterocycles. The van der Waals surface area contributed by atoms with Crippen molar-refractivity contribution in [2.24, 2.45) is 0 Å². The Kier molecular flexibility index (Phi) is 5.94. The molecule has 1 amide bonds. The van der Waals surface area contributed by atoms with Crippen molar-refractivity contribution in [1.82, 2.24) is 14.8 Å². The molecule has 0 radical (unpaired) electrons. The molecule has 0 atom stereocenters. The number of rotatable bonds is 4. The maximum Gasteiger partial charge on any atom is 0.272 e. The van der Waals surface area contributed by atoms with Crippen LogP contribution >= 0.6 is 15.9 Å². The van der Waals surface area contributed by atoms with E-state index in [2.05, 4.69) is 25.8 Å². The summed E-state index contributed by atoms with van der Waals surface area (Å²) in [6.45, 7) is 5.12. The van der Waals surface area contributed by atoms with Crippen LogP contribution in [0.25, 0.3) is 0 Å². The summed E-state index contributed by atoms with van der Waals surface area (Å²) in [7, 11) is 1.72. The van der Waals surface area contributed by atoms with E-state index in [-0.39, 0.29) is 5.91 Å². The van der Waals surface area contributed by atoms with Gasteiger partial charge in [0.2, 0.25) is 0 Å². The molecule has 110 valence electrons. The normalized spacial score (nSPS) is 17.0. The Morgan fingerprint density at radius 1 is 1.35 bits per heavy atom. The van der Waals surface area contributed by atoms with E-state index >= 15 is 0 Å². The lowest BCUT2D eigenvalue weighted by Crippen LogP contribution is -2.36. The van der Waals surface area contributed by atoms with Gasteiger partial charge < -0.3 is 9.64 Å². The number of methoxy groups -OCH3 is 1. The van der Waals surface area contributed by atoms with Crippen molar-refractivity contribution in [3.8, 4) is 0 Å². The minimum atomic E-state index is 0.0195. The first kappa shape index (κ1) is 15.4. The van der Waals surface area contributed by atoms with E-state index in [1.807, 2.05) is 11.0 Å². The van der Waals surface area contributed by atoms with Gasteiger partial charge in [0.25, 0.3) is 5.91 Å². The number of hydrogen-bond donors (Lipinski definition) is 0. The van der Waals surface area contributed by atoms with Crippen molar-refractivity contribution < 1.29 is 9.53 Å². The van der Waals surface area contributed by atoms with E-state index in [1.165, 1.54) is 0 Å². The predicted molar refractivity (Wildman–Crippen MR) is 80.8 cm³/mol. The highest BCUT2D eigenvalue weighted by Gasteiger charge is 2.20. The number of pyridine rings is 1. The Bertz CT molecular complexity index is 439. The Morgan fingerprint density at radius 3 is 2.90 bits per heavy atom. The van der Waals surface area contributed by atoms with Gasteiger partial charge in [-0.2, -0.15) is 0 Å².